The van der Waals surface area contributed by atoms with E-state index in [-0.39, 0.29) is 17.1 Å². The molecule has 0 bridgehead atoms. The van der Waals surface area contributed by atoms with Crippen LogP contribution in [0.1, 0.15) is 22.3 Å². The third-order valence-electron chi connectivity index (χ3n) is 4.60. The van der Waals surface area contributed by atoms with Gasteiger partial charge in [-0.1, -0.05) is 30.3 Å². The smallest absolute Gasteiger partial charge is 0.416 e. The molecule has 0 aliphatic carbocycles. The maximum atomic E-state index is 12.7. The fourth-order valence-corrected chi connectivity index (χ4v) is 4.81. The van der Waals surface area contributed by atoms with E-state index in [1.54, 1.807) is 18.2 Å². The molecule has 0 spiro atoms. The van der Waals surface area contributed by atoms with Crippen LogP contribution >= 0.6 is 0 Å². The van der Waals surface area contributed by atoms with Gasteiger partial charge in [-0.3, -0.25) is 4.79 Å². The van der Waals surface area contributed by atoms with Crippen molar-refractivity contribution in [3.05, 3.63) is 59.7 Å². The Kier molecular flexibility index (Phi) is 6.16. The van der Waals surface area contributed by atoms with Crippen LogP contribution in [0.5, 0.6) is 0 Å². The van der Waals surface area contributed by atoms with E-state index in [0.717, 1.165) is 12.1 Å². The van der Waals surface area contributed by atoms with Gasteiger partial charge in [0.1, 0.15) is 0 Å². The second-order valence-electron chi connectivity index (χ2n) is 6.86. The van der Waals surface area contributed by atoms with Gasteiger partial charge >= 0.3 is 12.1 Å². The molecule has 1 aliphatic heterocycles. The molecule has 0 radical (unpaired) electrons. The van der Waals surface area contributed by atoms with Gasteiger partial charge in [-0.15, -0.1) is 0 Å². The molecule has 3 rings (SSSR count). The third-order valence-corrected chi connectivity index (χ3v) is 6.37. The van der Waals surface area contributed by atoms with Crippen molar-refractivity contribution < 1.29 is 35.9 Å². The van der Waals surface area contributed by atoms with E-state index in [4.69, 9.17) is 4.74 Å². The van der Waals surface area contributed by atoms with Crippen molar-refractivity contribution in [3.8, 4) is 11.1 Å². The second-order valence-corrected chi connectivity index (χ2v) is 9.09. The first-order valence-corrected chi connectivity index (χ1v) is 10.8. The number of halogens is 3. The molecule has 160 valence electrons. The standard InChI is InChI=1S/C20H18F3NO5S/c21-20(22,23)14-7-5-13(6-8-14)16-3-1-2-4-17(16)19(26)29-11-18(25)24-15-9-10-30(27,28)12-15/h1-8,15H,9-12H2,(H,24,25)/t15-/m0/s1. The highest BCUT2D eigenvalue weighted by Gasteiger charge is 2.30. The van der Waals surface area contributed by atoms with E-state index in [2.05, 4.69) is 5.32 Å². The number of carbonyl (C=O) groups excluding carboxylic acids is 2. The van der Waals surface area contributed by atoms with E-state index < -0.39 is 46.1 Å². The summed E-state index contributed by atoms with van der Waals surface area (Å²) in [4.78, 5) is 24.4. The Bertz CT molecular complexity index is 1050. The summed E-state index contributed by atoms with van der Waals surface area (Å²) in [6.07, 6.45) is -4.16. The first-order valence-electron chi connectivity index (χ1n) is 8.99. The lowest BCUT2D eigenvalue weighted by Gasteiger charge is -2.13. The maximum Gasteiger partial charge on any atom is 0.416 e. The van der Waals surface area contributed by atoms with Crippen LogP contribution in [0.2, 0.25) is 0 Å². The van der Waals surface area contributed by atoms with Crippen LogP contribution in [0.4, 0.5) is 13.2 Å². The van der Waals surface area contributed by atoms with Gasteiger partial charge in [0.25, 0.3) is 5.91 Å². The first kappa shape index (κ1) is 21.8. The van der Waals surface area contributed by atoms with Crippen LogP contribution in [0, 0.1) is 0 Å². The van der Waals surface area contributed by atoms with Crippen molar-refractivity contribution >= 4 is 21.7 Å². The summed E-state index contributed by atoms with van der Waals surface area (Å²) in [6.45, 7) is -0.600. The molecular formula is C20H18F3NO5S. The summed E-state index contributed by atoms with van der Waals surface area (Å²) in [5.41, 5.74) is 0.0279. The molecule has 1 aliphatic rings. The molecule has 1 atom stereocenters. The van der Waals surface area contributed by atoms with Crippen molar-refractivity contribution in [3.63, 3.8) is 0 Å². The predicted octanol–water partition coefficient (Wildman–Crippen LogP) is 2.83. The Labute approximate surface area is 171 Å². The SMILES string of the molecule is O=C(COC(=O)c1ccccc1-c1ccc(C(F)(F)F)cc1)N[C@H]1CCS(=O)(=O)C1. The number of sulfone groups is 1. The molecule has 1 fully saturated rings. The van der Waals surface area contributed by atoms with Gasteiger partial charge in [0.15, 0.2) is 16.4 Å². The van der Waals surface area contributed by atoms with E-state index in [1.165, 1.54) is 18.2 Å². The molecular weight excluding hydrogens is 423 g/mol. The number of amides is 1. The van der Waals surface area contributed by atoms with Crippen molar-refractivity contribution in [2.45, 2.75) is 18.6 Å². The van der Waals surface area contributed by atoms with Crippen LogP contribution in [-0.4, -0.2) is 44.4 Å². The quantitative estimate of drug-likeness (QED) is 0.721. The van der Waals surface area contributed by atoms with Gasteiger partial charge in [0.05, 0.1) is 22.6 Å². The van der Waals surface area contributed by atoms with Gasteiger partial charge in [-0.25, -0.2) is 13.2 Å². The number of nitrogens with one attached hydrogen (secondary N) is 1. The minimum absolute atomic E-state index is 0.00175. The largest absolute Gasteiger partial charge is 0.452 e. The minimum atomic E-state index is -4.47. The average molecular weight is 441 g/mol. The Morgan fingerprint density at radius 3 is 2.33 bits per heavy atom. The fraction of sp³-hybridized carbons (Fsp3) is 0.300. The van der Waals surface area contributed by atoms with E-state index in [0.29, 0.717) is 17.5 Å². The van der Waals surface area contributed by atoms with Gasteiger partial charge in [0.2, 0.25) is 0 Å². The van der Waals surface area contributed by atoms with Crippen LogP contribution in [0.3, 0.4) is 0 Å². The zero-order chi connectivity index (χ0) is 21.9. The number of esters is 1. The van der Waals surface area contributed by atoms with Crippen molar-refractivity contribution in [2.75, 3.05) is 18.1 Å². The van der Waals surface area contributed by atoms with E-state index >= 15 is 0 Å². The van der Waals surface area contributed by atoms with Gasteiger partial charge in [-0.05, 0) is 35.7 Å². The van der Waals surface area contributed by atoms with E-state index in [9.17, 15) is 31.2 Å². The number of hydrogen-bond donors (Lipinski definition) is 1. The second kappa shape index (κ2) is 8.47. The molecule has 30 heavy (non-hydrogen) atoms. The van der Waals surface area contributed by atoms with Crippen LogP contribution in [0.15, 0.2) is 48.5 Å². The van der Waals surface area contributed by atoms with Crippen molar-refractivity contribution in [1.82, 2.24) is 5.32 Å². The summed E-state index contributed by atoms with van der Waals surface area (Å²) >= 11 is 0. The van der Waals surface area contributed by atoms with Gasteiger partial charge < -0.3 is 10.1 Å². The Morgan fingerprint density at radius 1 is 1.07 bits per heavy atom. The van der Waals surface area contributed by atoms with Crippen LogP contribution in [-0.2, 0) is 25.5 Å². The van der Waals surface area contributed by atoms with Gasteiger partial charge in [0, 0.05) is 6.04 Å². The number of carbonyl (C=O) groups is 2. The molecule has 10 heteroatoms. The number of ether oxygens (including phenoxy) is 1. The lowest BCUT2D eigenvalue weighted by Crippen LogP contribution is -2.38. The van der Waals surface area contributed by atoms with Crippen LogP contribution < -0.4 is 5.32 Å². The first-order chi connectivity index (χ1) is 14.0. The minimum Gasteiger partial charge on any atom is -0.452 e. The summed E-state index contributed by atoms with van der Waals surface area (Å²) in [5, 5.41) is 2.51. The monoisotopic (exact) mass is 441 g/mol. The molecule has 1 amide bonds. The van der Waals surface area contributed by atoms with Crippen molar-refractivity contribution in [1.29, 1.82) is 0 Å². The van der Waals surface area contributed by atoms with Gasteiger partial charge in [-0.2, -0.15) is 13.2 Å². The van der Waals surface area contributed by atoms with Crippen LogP contribution in [0.25, 0.3) is 11.1 Å². The molecule has 1 N–H and O–H groups in total. The normalized spacial score (nSPS) is 18.0. The summed E-state index contributed by atoms with van der Waals surface area (Å²) < 4.78 is 66.1. The molecule has 2 aromatic rings. The molecule has 6 nitrogen and oxygen atoms in total. The highest BCUT2D eigenvalue weighted by atomic mass is 32.2. The topological polar surface area (TPSA) is 89.5 Å². The fourth-order valence-electron chi connectivity index (χ4n) is 3.14. The third kappa shape index (κ3) is 5.38. The Hall–Kier alpha value is -2.88. The summed E-state index contributed by atoms with van der Waals surface area (Å²) in [7, 11) is -3.16. The Morgan fingerprint density at radius 2 is 1.73 bits per heavy atom. The number of hydrogen-bond acceptors (Lipinski definition) is 5. The highest BCUT2D eigenvalue weighted by Crippen LogP contribution is 2.32. The zero-order valence-corrected chi connectivity index (χ0v) is 16.4. The van der Waals surface area contributed by atoms with E-state index in [1.807, 2.05) is 0 Å². The number of benzene rings is 2. The molecule has 2 aromatic carbocycles. The van der Waals surface area contributed by atoms with Crippen molar-refractivity contribution in [2.24, 2.45) is 0 Å². The lowest BCUT2D eigenvalue weighted by molar-refractivity contribution is -0.137. The lowest BCUT2D eigenvalue weighted by atomic mass is 9.98. The molecule has 0 unspecified atom stereocenters. The number of alkyl halides is 3. The maximum absolute atomic E-state index is 12.7. The zero-order valence-electron chi connectivity index (χ0n) is 15.6. The predicted molar refractivity (Wildman–Crippen MR) is 102 cm³/mol. The highest BCUT2D eigenvalue weighted by molar-refractivity contribution is 7.91. The molecule has 1 saturated heterocycles. The summed E-state index contributed by atoms with van der Waals surface area (Å²) in [5.74, 6) is -1.60. The molecule has 0 aromatic heterocycles. The number of rotatable bonds is 5. The Balaban J connectivity index is 1.66. The molecule has 0 saturated carbocycles. The molecule has 1 heterocycles. The average Bonchev–Trinajstić information content (AvgIpc) is 3.03. The summed E-state index contributed by atoms with van der Waals surface area (Å²) in [6, 6.07) is 10.0.